The number of aryl methyl sites for hydroxylation is 1. The maximum Gasteiger partial charge on any atom is 0.326 e. The van der Waals surface area contributed by atoms with E-state index >= 15 is 0 Å². The summed E-state index contributed by atoms with van der Waals surface area (Å²) in [5.74, 6) is -3.76. The fraction of sp³-hybridized carbons (Fsp3) is 0.528. The largest absolute Gasteiger partial charge is 0.480 e. The highest BCUT2D eigenvalue weighted by molar-refractivity contribution is 5.91. The van der Waals surface area contributed by atoms with Crippen LogP contribution in [0.5, 0.6) is 0 Å². The van der Waals surface area contributed by atoms with Gasteiger partial charge in [0.1, 0.15) is 18.1 Å². The van der Waals surface area contributed by atoms with Gasteiger partial charge in [-0.2, -0.15) is 0 Å². The zero-order valence-corrected chi connectivity index (χ0v) is 28.5. The number of carboxylic acid groups (broad SMARTS) is 1. The van der Waals surface area contributed by atoms with E-state index < -0.39 is 53.9 Å². The molecule has 0 heterocycles. The number of nitrogens with one attached hydrogen (secondary N) is 4. The number of carbonyl (C=O) groups excluding carboxylic acids is 4. The van der Waals surface area contributed by atoms with Crippen molar-refractivity contribution in [1.82, 2.24) is 21.3 Å². The van der Waals surface area contributed by atoms with Crippen molar-refractivity contribution in [3.63, 3.8) is 0 Å². The fourth-order valence-corrected chi connectivity index (χ4v) is 5.18. The van der Waals surface area contributed by atoms with Crippen molar-refractivity contribution in [2.24, 2.45) is 23.5 Å². The minimum atomic E-state index is -1.16. The molecule has 4 amide bonds. The molecule has 0 aliphatic carbocycles. The molecule has 0 saturated carbocycles. The van der Waals surface area contributed by atoms with Crippen LogP contribution in [0.15, 0.2) is 60.7 Å². The first-order valence-electron chi connectivity index (χ1n) is 16.5. The molecule has 2 aromatic carbocycles. The van der Waals surface area contributed by atoms with Crippen molar-refractivity contribution in [2.75, 3.05) is 0 Å². The number of aliphatic carboxylic acids is 1. The number of nitrogens with two attached hydrogens (primary N) is 1. The first-order chi connectivity index (χ1) is 22.2. The van der Waals surface area contributed by atoms with Crippen LogP contribution in [0.1, 0.15) is 71.9 Å². The molecule has 2 rings (SSSR count). The summed E-state index contributed by atoms with van der Waals surface area (Å²) >= 11 is 0. The molecule has 0 aromatic heterocycles. The van der Waals surface area contributed by atoms with Crippen molar-refractivity contribution >= 4 is 29.6 Å². The Morgan fingerprint density at radius 3 is 1.70 bits per heavy atom. The van der Waals surface area contributed by atoms with Crippen LogP contribution in [0, 0.1) is 17.8 Å². The van der Waals surface area contributed by atoms with Gasteiger partial charge in [0.15, 0.2) is 0 Å². The summed E-state index contributed by atoms with van der Waals surface area (Å²) in [6, 6.07) is 14.6. The highest BCUT2D eigenvalue weighted by atomic mass is 16.4. The smallest absolute Gasteiger partial charge is 0.326 e. The average Bonchev–Trinajstić information content (AvgIpc) is 3.03. The fourth-order valence-electron chi connectivity index (χ4n) is 5.18. The van der Waals surface area contributed by atoms with E-state index in [0.717, 1.165) is 11.1 Å². The SMILES string of the molecule is CC[C@H](C)[C@H](NC(=O)C[C@H](N)[C@H](Cc1ccccc1)NC(=O)C(NC(=O)CCc1ccccc1)C(C)C)C(=O)NC(C(=O)O)C(C)C. The Kier molecular flexibility index (Phi) is 16.1. The monoisotopic (exact) mass is 651 g/mol. The molecule has 7 N–H and O–H groups in total. The minimum Gasteiger partial charge on any atom is -0.480 e. The molecule has 0 bridgehead atoms. The summed E-state index contributed by atoms with van der Waals surface area (Å²) in [6.45, 7) is 10.7. The van der Waals surface area contributed by atoms with Crippen molar-refractivity contribution in [2.45, 2.75) is 104 Å². The lowest BCUT2D eigenvalue weighted by Crippen LogP contribution is -2.58. The van der Waals surface area contributed by atoms with Crippen LogP contribution < -0.4 is 27.0 Å². The molecular formula is C36H53N5O6. The van der Waals surface area contributed by atoms with E-state index in [1.54, 1.807) is 20.8 Å². The predicted octanol–water partition coefficient (Wildman–Crippen LogP) is 2.96. The Morgan fingerprint density at radius 2 is 1.19 bits per heavy atom. The Hall–Kier alpha value is -4.25. The molecule has 0 aliphatic rings. The van der Waals surface area contributed by atoms with Gasteiger partial charge in [-0.25, -0.2) is 4.79 Å². The van der Waals surface area contributed by atoms with Gasteiger partial charge < -0.3 is 32.1 Å². The van der Waals surface area contributed by atoms with Gasteiger partial charge >= 0.3 is 5.97 Å². The van der Waals surface area contributed by atoms with Crippen molar-refractivity contribution in [3.8, 4) is 0 Å². The lowest BCUT2D eigenvalue weighted by Gasteiger charge is -2.30. The first-order valence-corrected chi connectivity index (χ1v) is 16.5. The molecule has 6 atom stereocenters. The zero-order chi connectivity index (χ0) is 35.1. The van der Waals surface area contributed by atoms with Crippen LogP contribution >= 0.6 is 0 Å². The normalized spacial score (nSPS) is 15.1. The van der Waals surface area contributed by atoms with Gasteiger partial charge in [-0.05, 0) is 41.7 Å². The standard InChI is InChI=1S/C36H53N5O6/c1-7-24(6)33(35(45)41-32(23(4)5)36(46)47)40-30(43)21-27(37)28(20-26-16-12-9-13-17-26)38-34(44)31(22(2)3)39-29(42)19-18-25-14-10-8-11-15-25/h8-17,22-24,27-28,31-33H,7,18-21,37H2,1-6H3,(H,38,44)(H,39,42)(H,40,43)(H,41,45)(H,46,47)/t24-,27-,28-,31?,32?,33-/m0/s1. The summed E-state index contributed by atoms with van der Waals surface area (Å²) in [6.07, 6.45) is 1.45. The molecule has 11 heteroatoms. The van der Waals surface area contributed by atoms with Gasteiger partial charge in [0.2, 0.25) is 23.6 Å². The molecule has 0 spiro atoms. The topological polar surface area (TPSA) is 180 Å². The molecule has 0 aliphatic heterocycles. The lowest BCUT2D eigenvalue weighted by atomic mass is 9.94. The van der Waals surface area contributed by atoms with Crippen molar-refractivity contribution in [3.05, 3.63) is 71.8 Å². The van der Waals surface area contributed by atoms with Crippen LogP contribution in [-0.2, 0) is 36.8 Å². The van der Waals surface area contributed by atoms with Gasteiger partial charge in [-0.3, -0.25) is 19.2 Å². The molecule has 0 radical (unpaired) electrons. The quantitative estimate of drug-likeness (QED) is 0.135. The van der Waals surface area contributed by atoms with Gasteiger partial charge in [0.25, 0.3) is 0 Å². The number of carboxylic acids is 1. The summed E-state index contributed by atoms with van der Waals surface area (Å²) in [5.41, 5.74) is 8.50. The molecule has 2 aromatic rings. The lowest BCUT2D eigenvalue weighted by molar-refractivity contribution is -0.143. The second-order valence-corrected chi connectivity index (χ2v) is 12.9. The number of carbonyl (C=O) groups is 5. The highest BCUT2D eigenvalue weighted by Crippen LogP contribution is 2.14. The Balaban J connectivity index is 2.17. The van der Waals surface area contributed by atoms with Crippen LogP contribution in [0.25, 0.3) is 0 Å². The third-order valence-corrected chi connectivity index (χ3v) is 8.36. The number of hydrogen-bond acceptors (Lipinski definition) is 6. The Labute approximate surface area is 278 Å². The van der Waals surface area contributed by atoms with Crippen LogP contribution in [0.4, 0.5) is 0 Å². The van der Waals surface area contributed by atoms with Crippen LogP contribution in [0.2, 0.25) is 0 Å². The Bertz CT molecular complexity index is 1300. The van der Waals surface area contributed by atoms with E-state index in [1.165, 1.54) is 0 Å². The number of amides is 4. The second-order valence-electron chi connectivity index (χ2n) is 12.9. The van der Waals surface area contributed by atoms with Gasteiger partial charge in [-0.15, -0.1) is 0 Å². The molecule has 2 unspecified atom stereocenters. The molecule has 0 fully saturated rings. The van der Waals surface area contributed by atoms with Crippen LogP contribution in [-0.4, -0.2) is 64.9 Å². The van der Waals surface area contributed by atoms with Gasteiger partial charge in [-0.1, -0.05) is 109 Å². The molecular weight excluding hydrogens is 598 g/mol. The van der Waals surface area contributed by atoms with E-state index in [1.807, 2.05) is 81.4 Å². The van der Waals surface area contributed by atoms with E-state index in [2.05, 4.69) is 21.3 Å². The zero-order valence-electron chi connectivity index (χ0n) is 28.5. The third kappa shape index (κ3) is 13.2. The average molecular weight is 652 g/mol. The molecule has 0 saturated heterocycles. The first kappa shape index (κ1) is 38.9. The molecule has 258 valence electrons. The summed E-state index contributed by atoms with van der Waals surface area (Å²) in [4.78, 5) is 64.6. The maximum absolute atomic E-state index is 13.6. The van der Waals surface area contributed by atoms with Crippen LogP contribution in [0.3, 0.4) is 0 Å². The Morgan fingerprint density at radius 1 is 0.681 bits per heavy atom. The summed E-state index contributed by atoms with van der Waals surface area (Å²) < 4.78 is 0. The highest BCUT2D eigenvalue weighted by Gasteiger charge is 2.33. The number of hydrogen-bond donors (Lipinski definition) is 6. The van der Waals surface area contributed by atoms with E-state index in [0.29, 0.717) is 19.3 Å². The predicted molar refractivity (Wildman–Crippen MR) is 182 cm³/mol. The van der Waals surface area contributed by atoms with E-state index in [9.17, 15) is 29.1 Å². The molecule has 11 nitrogen and oxygen atoms in total. The minimum absolute atomic E-state index is 0.208. The van der Waals surface area contributed by atoms with Gasteiger partial charge in [0.05, 0.1) is 0 Å². The number of benzene rings is 2. The summed E-state index contributed by atoms with van der Waals surface area (Å²) in [5, 5.41) is 20.7. The second kappa shape index (κ2) is 19.4. The summed E-state index contributed by atoms with van der Waals surface area (Å²) in [7, 11) is 0. The van der Waals surface area contributed by atoms with Crippen molar-refractivity contribution in [1.29, 1.82) is 0 Å². The van der Waals surface area contributed by atoms with Gasteiger partial charge in [0, 0.05) is 24.9 Å². The third-order valence-electron chi connectivity index (χ3n) is 8.36. The number of rotatable bonds is 19. The van der Waals surface area contributed by atoms with E-state index in [4.69, 9.17) is 5.73 Å². The van der Waals surface area contributed by atoms with E-state index in [-0.39, 0.29) is 36.5 Å². The maximum atomic E-state index is 13.6. The van der Waals surface area contributed by atoms with Crippen molar-refractivity contribution < 1.29 is 29.1 Å². The molecule has 47 heavy (non-hydrogen) atoms.